The summed E-state index contributed by atoms with van der Waals surface area (Å²) in [4.78, 5) is 65.5. The van der Waals surface area contributed by atoms with Crippen molar-refractivity contribution in [2.45, 2.75) is 63.7 Å². The largest absolute Gasteiger partial charge is 0.358 e. The Labute approximate surface area is 256 Å². The number of likely N-dealkylation sites (N-methyl/N-ethyl adjacent to an activating group) is 1. The monoisotopic (exact) mass is 613 g/mol. The first kappa shape index (κ1) is 31.5. The number of carbonyl (C=O) groups is 4. The molecule has 1 fully saturated rings. The van der Waals surface area contributed by atoms with Gasteiger partial charge in [0, 0.05) is 35.9 Å². The lowest BCUT2D eigenvalue weighted by Crippen LogP contribution is -2.60. The van der Waals surface area contributed by atoms with E-state index in [0.717, 1.165) is 42.1 Å². The second kappa shape index (κ2) is 13.3. The van der Waals surface area contributed by atoms with Crippen LogP contribution in [0.4, 0.5) is 5.69 Å². The molecule has 12 heteroatoms. The minimum Gasteiger partial charge on any atom is -0.340 e. The van der Waals surface area contributed by atoms with E-state index in [1.54, 1.807) is 25.1 Å². The summed E-state index contributed by atoms with van der Waals surface area (Å²) in [6, 6.07) is 12.8. The normalized spacial score (nSPS) is 19.5. The van der Waals surface area contributed by atoms with Gasteiger partial charge in [-0.05, 0) is 43.9 Å². The van der Waals surface area contributed by atoms with Crippen LogP contribution in [0.15, 0.2) is 53.5 Å². The number of nitrogens with zero attached hydrogens (tertiary/aromatic N) is 3. The van der Waals surface area contributed by atoms with Gasteiger partial charge in [-0.2, -0.15) is 12.6 Å². The van der Waals surface area contributed by atoms with Crippen LogP contribution in [0, 0.1) is 5.92 Å². The predicted octanol–water partition coefficient (Wildman–Crippen LogP) is 3.50. The van der Waals surface area contributed by atoms with E-state index in [1.807, 2.05) is 30.3 Å². The number of nitrogens with two attached hydrogens (primary N) is 1. The van der Waals surface area contributed by atoms with Crippen LogP contribution >= 0.6 is 24.2 Å². The number of anilines is 1. The number of halogens is 1. The van der Waals surface area contributed by atoms with Crippen molar-refractivity contribution < 1.29 is 24.0 Å². The van der Waals surface area contributed by atoms with E-state index in [-0.39, 0.29) is 17.4 Å². The van der Waals surface area contributed by atoms with E-state index < -0.39 is 41.4 Å². The van der Waals surface area contributed by atoms with Gasteiger partial charge in [0.15, 0.2) is 0 Å². The molecule has 1 aliphatic heterocycles. The lowest BCUT2D eigenvalue weighted by atomic mass is 9.75. The molecule has 0 aromatic heterocycles. The van der Waals surface area contributed by atoms with Crippen molar-refractivity contribution in [1.82, 2.24) is 10.2 Å². The number of aliphatic imine (C=N–C) groups is 1. The third kappa shape index (κ3) is 6.48. The minimum absolute atomic E-state index is 0.0460. The molecule has 2 unspecified atom stereocenters. The summed E-state index contributed by atoms with van der Waals surface area (Å²) in [5.74, 6) is -2.72. The number of carbonyl (C=O) groups excluding carboxylic acids is 4. The molecule has 0 spiro atoms. The van der Waals surface area contributed by atoms with Crippen LogP contribution in [-0.4, -0.2) is 64.8 Å². The lowest BCUT2D eigenvalue weighted by Gasteiger charge is -2.39. The third-order valence-electron chi connectivity index (χ3n) is 7.84. The van der Waals surface area contributed by atoms with E-state index in [9.17, 15) is 19.2 Å². The van der Waals surface area contributed by atoms with Crippen molar-refractivity contribution in [3.63, 3.8) is 0 Å². The number of fused-ring (bicyclic) bond motifs is 1. The van der Waals surface area contributed by atoms with E-state index in [2.05, 4.69) is 17.9 Å². The quantitative estimate of drug-likeness (QED) is 0.390. The fourth-order valence-electron chi connectivity index (χ4n) is 5.52. The first-order chi connectivity index (χ1) is 20.0. The van der Waals surface area contributed by atoms with Crippen LogP contribution in [0.25, 0.3) is 0 Å². The SMILES string of the molecule is CC(=O)N[C@@](C)(C(=O)ON1C(=O)C(N(C)C(=O)C(N)CS)N=C(c2ccccc2)c2cc(Cl)ccc21)C1CCCCC1. The number of amides is 3. The number of hydroxylamine groups is 1. The standard InChI is InChI=1S/C30H36ClN5O5S/c1-18(37)34-30(2,20-12-8-5-9-13-20)29(40)41-36-24-15-14-21(31)16-22(24)25(19-10-6-4-7-11-19)33-26(28(36)39)35(3)27(38)23(32)17-42/h4,6-7,10-11,14-16,20,23,26,42H,5,8-9,12-13,17,32H2,1-3H3,(H,34,37)/t23?,26?,30-/m1/s1. The number of hydrogen-bond acceptors (Lipinski definition) is 8. The van der Waals surface area contributed by atoms with Crippen molar-refractivity contribution in [1.29, 1.82) is 0 Å². The third-order valence-corrected chi connectivity index (χ3v) is 8.46. The zero-order chi connectivity index (χ0) is 30.6. The molecule has 1 aliphatic carbocycles. The summed E-state index contributed by atoms with van der Waals surface area (Å²) >= 11 is 10.5. The summed E-state index contributed by atoms with van der Waals surface area (Å²) in [7, 11) is 1.41. The van der Waals surface area contributed by atoms with Gasteiger partial charge in [0.05, 0.1) is 17.4 Å². The molecule has 2 aromatic carbocycles. The maximum atomic E-state index is 14.3. The van der Waals surface area contributed by atoms with Gasteiger partial charge in [0.2, 0.25) is 18.0 Å². The Morgan fingerprint density at radius 3 is 2.48 bits per heavy atom. The molecule has 42 heavy (non-hydrogen) atoms. The highest BCUT2D eigenvalue weighted by atomic mass is 35.5. The fourth-order valence-corrected chi connectivity index (χ4v) is 5.85. The summed E-state index contributed by atoms with van der Waals surface area (Å²) in [5.41, 5.74) is 6.20. The van der Waals surface area contributed by atoms with Crippen molar-refractivity contribution in [3.8, 4) is 0 Å². The first-order valence-corrected chi connectivity index (χ1v) is 14.9. The smallest absolute Gasteiger partial charge is 0.340 e. The van der Waals surface area contributed by atoms with Crippen LogP contribution in [0.3, 0.4) is 0 Å². The van der Waals surface area contributed by atoms with E-state index in [0.29, 0.717) is 21.9 Å². The number of hydrogen-bond donors (Lipinski definition) is 3. The molecule has 224 valence electrons. The molecule has 0 saturated heterocycles. The molecule has 0 radical (unpaired) electrons. The summed E-state index contributed by atoms with van der Waals surface area (Å²) in [5, 5.41) is 4.02. The Kier molecular flexibility index (Phi) is 9.96. The number of nitrogens with one attached hydrogen (secondary N) is 1. The van der Waals surface area contributed by atoms with E-state index in [4.69, 9.17) is 27.2 Å². The molecule has 3 atom stereocenters. The average Bonchev–Trinajstić information content (AvgIpc) is 3.10. The van der Waals surface area contributed by atoms with Gasteiger partial charge >= 0.3 is 11.9 Å². The molecule has 2 aromatic rings. The average molecular weight is 614 g/mol. The van der Waals surface area contributed by atoms with Gasteiger partial charge in [0.25, 0.3) is 0 Å². The van der Waals surface area contributed by atoms with Crippen molar-refractivity contribution >= 4 is 59.3 Å². The lowest BCUT2D eigenvalue weighted by molar-refractivity contribution is -0.162. The molecule has 2 aliphatic rings. The minimum atomic E-state index is -1.45. The molecule has 0 bridgehead atoms. The second-order valence-corrected chi connectivity index (χ2v) is 11.6. The maximum absolute atomic E-state index is 14.3. The highest BCUT2D eigenvalue weighted by Gasteiger charge is 2.47. The van der Waals surface area contributed by atoms with Gasteiger partial charge in [-0.25, -0.2) is 9.79 Å². The molecule has 3 amide bonds. The number of rotatable bonds is 8. The zero-order valence-corrected chi connectivity index (χ0v) is 25.5. The van der Waals surface area contributed by atoms with Gasteiger partial charge in [0.1, 0.15) is 5.54 Å². The van der Waals surface area contributed by atoms with E-state index in [1.165, 1.54) is 14.0 Å². The molecular formula is C30H36ClN5O5S. The summed E-state index contributed by atoms with van der Waals surface area (Å²) in [6.45, 7) is 2.96. The van der Waals surface area contributed by atoms with Crippen molar-refractivity contribution in [2.24, 2.45) is 16.6 Å². The molecule has 1 saturated carbocycles. The van der Waals surface area contributed by atoms with Gasteiger partial charge in [-0.1, -0.05) is 61.2 Å². The van der Waals surface area contributed by atoms with E-state index >= 15 is 0 Å². The molecule has 1 heterocycles. The number of thiol groups is 1. The Balaban J connectivity index is 1.85. The molecule has 10 nitrogen and oxygen atoms in total. The molecular weight excluding hydrogens is 578 g/mol. The van der Waals surface area contributed by atoms with Gasteiger partial charge < -0.3 is 20.8 Å². The van der Waals surface area contributed by atoms with Crippen LogP contribution in [0.2, 0.25) is 5.02 Å². The van der Waals surface area contributed by atoms with Gasteiger partial charge in [-0.3, -0.25) is 14.4 Å². The van der Waals surface area contributed by atoms with Crippen LogP contribution in [-0.2, 0) is 24.0 Å². The zero-order valence-electron chi connectivity index (χ0n) is 23.9. The Bertz CT molecular complexity index is 1380. The highest BCUT2D eigenvalue weighted by Crippen LogP contribution is 2.36. The Morgan fingerprint density at radius 1 is 1.19 bits per heavy atom. The van der Waals surface area contributed by atoms with Crippen LogP contribution in [0.5, 0.6) is 0 Å². The summed E-state index contributed by atoms with van der Waals surface area (Å²) < 4.78 is 0. The van der Waals surface area contributed by atoms with Crippen LogP contribution in [0.1, 0.15) is 57.1 Å². The Morgan fingerprint density at radius 2 is 1.86 bits per heavy atom. The van der Waals surface area contributed by atoms with Crippen molar-refractivity contribution in [3.05, 3.63) is 64.7 Å². The van der Waals surface area contributed by atoms with Crippen molar-refractivity contribution in [2.75, 3.05) is 17.9 Å². The number of benzene rings is 2. The summed E-state index contributed by atoms with van der Waals surface area (Å²) in [6.07, 6.45) is 2.84. The molecule has 4 rings (SSSR count). The second-order valence-electron chi connectivity index (χ2n) is 10.8. The molecule has 3 N–H and O–H groups in total. The number of benzodiazepines with no additional fused rings is 1. The predicted molar refractivity (Wildman–Crippen MR) is 164 cm³/mol. The van der Waals surface area contributed by atoms with Gasteiger partial charge in [-0.15, -0.1) is 5.06 Å². The highest BCUT2D eigenvalue weighted by molar-refractivity contribution is 7.80. The maximum Gasteiger partial charge on any atom is 0.358 e. The first-order valence-electron chi connectivity index (χ1n) is 13.9. The fraction of sp³-hybridized carbons (Fsp3) is 0.433. The Hall–Kier alpha value is -3.41. The topological polar surface area (TPSA) is 134 Å². The van der Waals surface area contributed by atoms with Crippen LogP contribution < -0.4 is 16.1 Å².